The van der Waals surface area contributed by atoms with E-state index < -0.39 is 0 Å². The van der Waals surface area contributed by atoms with Crippen molar-refractivity contribution in [2.24, 2.45) is 11.3 Å². The van der Waals surface area contributed by atoms with Crippen LogP contribution in [0.3, 0.4) is 0 Å². The van der Waals surface area contributed by atoms with Crippen molar-refractivity contribution in [1.82, 2.24) is 0 Å². The summed E-state index contributed by atoms with van der Waals surface area (Å²) in [5.41, 5.74) is 0.472. The number of aliphatic hydroxyl groups is 1. The molecule has 0 amide bonds. The fourth-order valence-electron chi connectivity index (χ4n) is 2.14. The molecule has 11 heavy (non-hydrogen) atoms. The molecule has 2 atom stereocenters. The van der Waals surface area contributed by atoms with E-state index >= 15 is 0 Å². The fraction of sp³-hybridized carbons (Fsp3) is 1.00. The van der Waals surface area contributed by atoms with Crippen LogP contribution in [0.5, 0.6) is 0 Å². The first-order valence-electron chi connectivity index (χ1n) is 4.73. The molecular weight excluding hydrogens is 136 g/mol. The SMILES string of the molecule is CC[C@@H]1CC(C)(C)CC[C@@H]1O. The van der Waals surface area contributed by atoms with Gasteiger partial charge in [0, 0.05) is 0 Å². The van der Waals surface area contributed by atoms with Gasteiger partial charge in [-0.15, -0.1) is 0 Å². The van der Waals surface area contributed by atoms with Crippen molar-refractivity contribution in [3.63, 3.8) is 0 Å². The molecule has 0 spiro atoms. The Morgan fingerprint density at radius 1 is 1.45 bits per heavy atom. The Balaban J connectivity index is 2.51. The third kappa shape index (κ3) is 2.19. The van der Waals surface area contributed by atoms with E-state index in [0.717, 1.165) is 12.8 Å². The molecule has 0 aromatic rings. The maximum absolute atomic E-state index is 9.60. The third-order valence-corrected chi connectivity index (χ3v) is 3.00. The van der Waals surface area contributed by atoms with Crippen LogP contribution in [0.1, 0.15) is 46.5 Å². The first-order chi connectivity index (χ1) is 5.05. The summed E-state index contributed by atoms with van der Waals surface area (Å²) in [6, 6.07) is 0. The largest absolute Gasteiger partial charge is 0.393 e. The van der Waals surface area contributed by atoms with E-state index in [9.17, 15) is 5.11 Å². The maximum Gasteiger partial charge on any atom is 0.0568 e. The van der Waals surface area contributed by atoms with Gasteiger partial charge in [-0.2, -0.15) is 0 Å². The third-order valence-electron chi connectivity index (χ3n) is 3.00. The summed E-state index contributed by atoms with van der Waals surface area (Å²) in [4.78, 5) is 0. The molecule has 0 radical (unpaired) electrons. The number of hydrogen-bond acceptors (Lipinski definition) is 1. The topological polar surface area (TPSA) is 20.2 Å². The van der Waals surface area contributed by atoms with Crippen LogP contribution in [0, 0.1) is 11.3 Å². The predicted molar refractivity (Wildman–Crippen MR) is 47.4 cm³/mol. The summed E-state index contributed by atoms with van der Waals surface area (Å²) < 4.78 is 0. The molecule has 1 saturated carbocycles. The van der Waals surface area contributed by atoms with Crippen LogP contribution < -0.4 is 0 Å². The van der Waals surface area contributed by atoms with E-state index in [1.807, 2.05) is 0 Å². The van der Waals surface area contributed by atoms with Crippen molar-refractivity contribution in [2.45, 2.75) is 52.6 Å². The molecule has 1 aliphatic carbocycles. The van der Waals surface area contributed by atoms with Crippen LogP contribution >= 0.6 is 0 Å². The molecule has 1 rings (SSSR count). The molecule has 1 N–H and O–H groups in total. The summed E-state index contributed by atoms with van der Waals surface area (Å²) in [5.74, 6) is 0.554. The molecule has 0 saturated heterocycles. The highest BCUT2D eigenvalue weighted by molar-refractivity contribution is 4.83. The van der Waals surface area contributed by atoms with Crippen LogP contribution in [0.2, 0.25) is 0 Å². The molecule has 0 aromatic heterocycles. The van der Waals surface area contributed by atoms with E-state index in [2.05, 4.69) is 20.8 Å². The van der Waals surface area contributed by atoms with Gasteiger partial charge in [-0.1, -0.05) is 27.2 Å². The summed E-state index contributed by atoms with van der Waals surface area (Å²) in [7, 11) is 0. The second-order valence-electron chi connectivity index (χ2n) is 4.64. The highest BCUT2D eigenvalue weighted by Crippen LogP contribution is 2.39. The summed E-state index contributed by atoms with van der Waals surface area (Å²) >= 11 is 0. The zero-order valence-corrected chi connectivity index (χ0v) is 7.93. The first kappa shape index (κ1) is 9.05. The lowest BCUT2D eigenvalue weighted by Crippen LogP contribution is -2.32. The van der Waals surface area contributed by atoms with Crippen LogP contribution in [-0.4, -0.2) is 11.2 Å². The lowest BCUT2D eigenvalue weighted by Gasteiger charge is -2.38. The van der Waals surface area contributed by atoms with Gasteiger partial charge in [0.15, 0.2) is 0 Å². The molecule has 0 bridgehead atoms. The predicted octanol–water partition coefficient (Wildman–Crippen LogP) is 2.58. The normalized spacial score (nSPS) is 37.1. The van der Waals surface area contributed by atoms with Crippen LogP contribution in [-0.2, 0) is 0 Å². The number of rotatable bonds is 1. The Kier molecular flexibility index (Phi) is 2.58. The number of hydrogen-bond donors (Lipinski definition) is 1. The maximum atomic E-state index is 9.60. The van der Waals surface area contributed by atoms with E-state index in [-0.39, 0.29) is 6.10 Å². The van der Waals surface area contributed by atoms with E-state index in [1.54, 1.807) is 0 Å². The average molecular weight is 156 g/mol. The second kappa shape index (κ2) is 3.14. The Labute approximate surface area is 69.8 Å². The van der Waals surface area contributed by atoms with Crippen molar-refractivity contribution in [2.75, 3.05) is 0 Å². The van der Waals surface area contributed by atoms with E-state index in [4.69, 9.17) is 0 Å². The Hall–Kier alpha value is -0.0400. The Morgan fingerprint density at radius 2 is 2.09 bits per heavy atom. The highest BCUT2D eigenvalue weighted by atomic mass is 16.3. The minimum atomic E-state index is -0.0203. The molecule has 1 aliphatic rings. The van der Waals surface area contributed by atoms with Gasteiger partial charge < -0.3 is 5.11 Å². The zero-order valence-electron chi connectivity index (χ0n) is 7.93. The van der Waals surface area contributed by atoms with Gasteiger partial charge in [-0.25, -0.2) is 0 Å². The summed E-state index contributed by atoms with van der Waals surface area (Å²) in [6.45, 7) is 6.79. The zero-order chi connectivity index (χ0) is 8.48. The van der Waals surface area contributed by atoms with E-state index in [0.29, 0.717) is 11.3 Å². The fourth-order valence-corrected chi connectivity index (χ4v) is 2.14. The monoisotopic (exact) mass is 156 g/mol. The Morgan fingerprint density at radius 3 is 2.55 bits per heavy atom. The smallest absolute Gasteiger partial charge is 0.0568 e. The van der Waals surface area contributed by atoms with Crippen LogP contribution in [0.25, 0.3) is 0 Å². The molecule has 0 heterocycles. The molecule has 1 nitrogen and oxygen atoms in total. The van der Waals surface area contributed by atoms with Crippen molar-refractivity contribution >= 4 is 0 Å². The molecule has 66 valence electrons. The van der Waals surface area contributed by atoms with Crippen LogP contribution in [0.15, 0.2) is 0 Å². The van der Waals surface area contributed by atoms with Gasteiger partial charge in [-0.3, -0.25) is 0 Å². The molecule has 0 unspecified atom stereocenters. The van der Waals surface area contributed by atoms with E-state index in [1.165, 1.54) is 12.8 Å². The molecule has 1 fully saturated rings. The molecule has 1 heteroatoms. The molecule has 0 aromatic carbocycles. The minimum Gasteiger partial charge on any atom is -0.393 e. The van der Waals surface area contributed by atoms with Gasteiger partial charge in [0.2, 0.25) is 0 Å². The summed E-state index contributed by atoms with van der Waals surface area (Å²) in [6.07, 6.45) is 4.50. The molecule has 0 aliphatic heterocycles. The Bertz CT molecular complexity index is 129. The van der Waals surface area contributed by atoms with Crippen molar-refractivity contribution in [3.05, 3.63) is 0 Å². The van der Waals surface area contributed by atoms with Gasteiger partial charge in [-0.05, 0) is 30.6 Å². The summed E-state index contributed by atoms with van der Waals surface area (Å²) in [5, 5.41) is 9.60. The second-order valence-corrected chi connectivity index (χ2v) is 4.64. The van der Waals surface area contributed by atoms with Crippen molar-refractivity contribution < 1.29 is 5.11 Å². The van der Waals surface area contributed by atoms with Gasteiger partial charge >= 0.3 is 0 Å². The lowest BCUT2D eigenvalue weighted by atomic mass is 9.70. The quantitative estimate of drug-likeness (QED) is 0.618. The average Bonchev–Trinajstić information content (AvgIpc) is 1.94. The first-order valence-corrected chi connectivity index (χ1v) is 4.73. The standard InChI is InChI=1S/C10H20O/c1-4-8-7-10(2,3)6-5-9(8)11/h8-9,11H,4-7H2,1-3H3/t8-,9+/m1/s1. The van der Waals surface area contributed by atoms with Crippen LogP contribution in [0.4, 0.5) is 0 Å². The lowest BCUT2D eigenvalue weighted by molar-refractivity contribution is 0.0200. The minimum absolute atomic E-state index is 0.0203. The van der Waals surface area contributed by atoms with Gasteiger partial charge in [0.1, 0.15) is 0 Å². The number of aliphatic hydroxyl groups excluding tert-OH is 1. The highest BCUT2D eigenvalue weighted by Gasteiger charge is 2.32. The van der Waals surface area contributed by atoms with Crippen molar-refractivity contribution in [1.29, 1.82) is 0 Å². The van der Waals surface area contributed by atoms with Gasteiger partial charge in [0.25, 0.3) is 0 Å². The van der Waals surface area contributed by atoms with Crippen molar-refractivity contribution in [3.8, 4) is 0 Å². The van der Waals surface area contributed by atoms with Gasteiger partial charge in [0.05, 0.1) is 6.10 Å². The molecular formula is C10H20O.